The predicted octanol–water partition coefficient (Wildman–Crippen LogP) is 3.81. The van der Waals surface area contributed by atoms with E-state index in [1.807, 2.05) is 0 Å². The molecule has 0 aromatic carbocycles. The van der Waals surface area contributed by atoms with Gasteiger partial charge in [-0.05, 0) is 26.2 Å². The van der Waals surface area contributed by atoms with Crippen LogP contribution >= 0.6 is 7.52 Å². The molecule has 2 aliphatic rings. The summed E-state index contributed by atoms with van der Waals surface area (Å²) in [5.41, 5.74) is 0.0247. The fraction of sp³-hybridized carbons (Fsp3) is 1.00. The maximum absolute atomic E-state index is 13.8. The van der Waals surface area contributed by atoms with E-state index in [1.54, 1.807) is 0 Å². The number of quaternary nitrogens is 1. The number of hydrogen-bond acceptors (Lipinski definition) is 3. The van der Waals surface area contributed by atoms with E-state index < -0.39 is 7.52 Å². The first-order valence-corrected chi connectivity index (χ1v) is 11.1. The van der Waals surface area contributed by atoms with Crippen LogP contribution in [0.15, 0.2) is 0 Å². The van der Waals surface area contributed by atoms with Gasteiger partial charge in [0.25, 0.3) is 7.52 Å². The summed E-state index contributed by atoms with van der Waals surface area (Å²) in [7, 11) is -0.506. The molecule has 2 aliphatic heterocycles. The Morgan fingerprint density at radius 1 is 0.958 bits per heavy atom. The molecule has 0 bridgehead atoms. The zero-order valence-electron chi connectivity index (χ0n) is 17.0. The van der Waals surface area contributed by atoms with Crippen molar-refractivity contribution in [1.29, 1.82) is 0 Å². The first kappa shape index (κ1) is 20.4. The minimum Gasteiger partial charge on any atom is -0.316 e. The molecule has 1 unspecified atom stereocenters. The van der Waals surface area contributed by atoms with E-state index in [-0.39, 0.29) is 10.6 Å². The van der Waals surface area contributed by atoms with Gasteiger partial charge in [0.15, 0.2) is 0 Å². The first-order chi connectivity index (χ1) is 10.9. The summed E-state index contributed by atoms with van der Waals surface area (Å²) in [6.45, 7) is 19.2. The molecule has 5 nitrogen and oxygen atoms in total. The van der Waals surface area contributed by atoms with Crippen molar-refractivity contribution in [3.8, 4) is 0 Å². The largest absolute Gasteiger partial charge is 0.316 e. The lowest BCUT2D eigenvalue weighted by Gasteiger charge is -2.47. The molecular formula is C18H39N3O2P+. The second kappa shape index (κ2) is 7.00. The Morgan fingerprint density at radius 3 is 1.88 bits per heavy atom. The number of nitrogens with zero attached hydrogens (tertiary/aromatic N) is 3. The Kier molecular flexibility index (Phi) is 5.94. The lowest BCUT2D eigenvalue weighted by molar-refractivity contribution is -1.01. The maximum Gasteiger partial charge on any atom is 0.277 e. The van der Waals surface area contributed by atoms with Gasteiger partial charge in [0.1, 0.15) is 0 Å². The summed E-state index contributed by atoms with van der Waals surface area (Å²) < 4.78 is 23.2. The molecule has 0 N–H and O–H groups in total. The van der Waals surface area contributed by atoms with E-state index in [4.69, 9.17) is 4.52 Å². The molecule has 2 fully saturated rings. The zero-order valence-corrected chi connectivity index (χ0v) is 17.9. The molecule has 6 heteroatoms. The average molecular weight is 361 g/mol. The molecule has 0 aromatic rings. The van der Waals surface area contributed by atoms with Crippen LogP contribution in [0.25, 0.3) is 0 Å². The number of likely N-dealkylation sites (tertiary alicyclic amines) is 1. The second-order valence-electron chi connectivity index (χ2n) is 9.93. The molecule has 0 amide bonds. The highest BCUT2D eigenvalue weighted by molar-refractivity contribution is 7.58. The van der Waals surface area contributed by atoms with Gasteiger partial charge in [-0.3, -0.25) is 4.57 Å². The number of piperazine rings is 1. The summed E-state index contributed by atoms with van der Waals surface area (Å²) in [5, 5.41) is 2.22. The van der Waals surface area contributed by atoms with Gasteiger partial charge >= 0.3 is 0 Å². The summed E-state index contributed by atoms with van der Waals surface area (Å²) in [6, 6.07) is 0. The maximum atomic E-state index is 13.8. The van der Waals surface area contributed by atoms with Gasteiger partial charge in [0, 0.05) is 25.9 Å². The van der Waals surface area contributed by atoms with E-state index in [9.17, 15) is 4.57 Å². The van der Waals surface area contributed by atoms with Gasteiger partial charge in [-0.2, -0.15) is 5.01 Å². The average Bonchev–Trinajstić information content (AvgIpc) is 2.91. The van der Waals surface area contributed by atoms with Gasteiger partial charge in [-0.15, -0.1) is 0 Å². The number of hydrogen-bond donors (Lipinski definition) is 0. The Bertz CT molecular complexity index is 468. The summed E-state index contributed by atoms with van der Waals surface area (Å²) in [6.07, 6.45) is 2.65. The van der Waals surface area contributed by atoms with E-state index in [0.29, 0.717) is 6.61 Å². The van der Waals surface area contributed by atoms with Gasteiger partial charge in [-0.1, -0.05) is 20.8 Å². The quantitative estimate of drug-likeness (QED) is 0.564. The van der Waals surface area contributed by atoms with Gasteiger partial charge in [0.2, 0.25) is 0 Å². The van der Waals surface area contributed by atoms with Crippen LogP contribution in [0, 0.1) is 5.41 Å². The van der Waals surface area contributed by atoms with Crippen molar-refractivity contribution in [1.82, 2.24) is 9.68 Å². The van der Waals surface area contributed by atoms with Crippen molar-refractivity contribution in [2.24, 2.45) is 5.41 Å². The lowest BCUT2D eigenvalue weighted by atomic mass is 9.99. The van der Waals surface area contributed by atoms with E-state index in [0.717, 1.165) is 30.8 Å². The third kappa shape index (κ3) is 4.42. The monoisotopic (exact) mass is 360 g/mol. The van der Waals surface area contributed by atoms with E-state index in [2.05, 4.69) is 58.3 Å². The minimum atomic E-state index is -2.86. The third-order valence-electron chi connectivity index (χ3n) is 5.34. The Morgan fingerprint density at radius 2 is 1.46 bits per heavy atom. The van der Waals surface area contributed by atoms with Crippen LogP contribution in [0.3, 0.4) is 0 Å². The minimum absolute atomic E-state index is 0.0247. The Hall–Kier alpha value is 0.0700. The second-order valence-corrected chi connectivity index (χ2v) is 13.1. The SMILES string of the molecule is CC(C)(C)COP(=O)(N1CCN([N+]2(C)CCCC2)CC1)C(C)(C)C. The smallest absolute Gasteiger partial charge is 0.277 e. The molecule has 0 saturated carbocycles. The van der Waals surface area contributed by atoms with Crippen molar-refractivity contribution in [3.63, 3.8) is 0 Å². The summed E-state index contributed by atoms with van der Waals surface area (Å²) >= 11 is 0. The summed E-state index contributed by atoms with van der Waals surface area (Å²) in [4.78, 5) is 0. The van der Waals surface area contributed by atoms with Crippen molar-refractivity contribution in [3.05, 3.63) is 0 Å². The predicted molar refractivity (Wildman–Crippen MR) is 101 cm³/mol. The Labute approximate surface area is 149 Å². The molecule has 2 saturated heterocycles. The fourth-order valence-corrected chi connectivity index (χ4v) is 6.38. The Balaban J connectivity index is 2.06. The van der Waals surface area contributed by atoms with Crippen molar-refractivity contribution in [2.75, 3.05) is 52.9 Å². The topological polar surface area (TPSA) is 32.8 Å². The highest BCUT2D eigenvalue weighted by Gasteiger charge is 2.47. The normalized spacial score (nSPS) is 26.5. The first-order valence-electron chi connectivity index (χ1n) is 9.48. The van der Waals surface area contributed by atoms with Crippen LogP contribution in [0.4, 0.5) is 0 Å². The molecule has 0 spiro atoms. The highest BCUT2D eigenvalue weighted by Crippen LogP contribution is 2.62. The lowest BCUT2D eigenvalue weighted by Crippen LogP contribution is -2.61. The van der Waals surface area contributed by atoms with E-state index >= 15 is 0 Å². The van der Waals surface area contributed by atoms with Crippen LogP contribution in [-0.2, 0) is 9.09 Å². The fourth-order valence-electron chi connectivity index (χ4n) is 3.71. The zero-order chi connectivity index (χ0) is 18.2. The van der Waals surface area contributed by atoms with Crippen molar-refractivity contribution < 1.29 is 13.7 Å². The molecule has 2 heterocycles. The molecule has 0 radical (unpaired) electrons. The van der Waals surface area contributed by atoms with Crippen LogP contribution in [0.2, 0.25) is 0 Å². The molecule has 1 atom stereocenters. The number of rotatable bonds is 4. The van der Waals surface area contributed by atoms with Crippen LogP contribution in [0.5, 0.6) is 0 Å². The van der Waals surface area contributed by atoms with Crippen LogP contribution in [0.1, 0.15) is 54.4 Å². The van der Waals surface area contributed by atoms with Crippen LogP contribution in [-0.4, -0.2) is 72.4 Å². The van der Waals surface area contributed by atoms with Gasteiger partial charge in [-0.25, -0.2) is 9.26 Å². The van der Waals surface area contributed by atoms with Crippen molar-refractivity contribution >= 4 is 7.52 Å². The van der Waals surface area contributed by atoms with Crippen LogP contribution < -0.4 is 0 Å². The highest BCUT2D eigenvalue weighted by atomic mass is 31.2. The molecule has 2 rings (SSSR count). The van der Waals surface area contributed by atoms with Gasteiger partial charge in [0.05, 0.1) is 45.0 Å². The molecule has 24 heavy (non-hydrogen) atoms. The summed E-state index contributed by atoms with van der Waals surface area (Å²) in [5.74, 6) is 0. The molecule has 142 valence electrons. The van der Waals surface area contributed by atoms with Crippen molar-refractivity contribution in [2.45, 2.75) is 59.5 Å². The molecular weight excluding hydrogens is 321 g/mol. The third-order valence-corrected chi connectivity index (χ3v) is 8.66. The standard InChI is InChI=1S/C18H39N3O2P/c1-17(2,3)16-23-24(22,18(4,5)6)20-12-10-19(11-13-20)21(7)14-8-9-15-21/h8-16H2,1-7H3/q+1. The van der Waals surface area contributed by atoms with Gasteiger partial charge < -0.3 is 4.52 Å². The van der Waals surface area contributed by atoms with E-state index in [1.165, 1.54) is 25.9 Å². The molecule has 0 aromatic heterocycles. The molecule has 0 aliphatic carbocycles.